The Kier molecular flexibility index (Phi) is 2.99. The molecule has 0 saturated carbocycles. The number of halogens is 1. The molecule has 0 atom stereocenters. The molecule has 0 aliphatic carbocycles. The molecule has 0 N–H and O–H groups in total. The van der Waals surface area contributed by atoms with Crippen molar-refractivity contribution >= 4 is 5.57 Å². The molecular weight excluding hydrogens is 179 g/mol. The van der Waals surface area contributed by atoms with Crippen LogP contribution in [0.15, 0.2) is 29.8 Å². The number of rotatable bonds is 1. The number of hydrogen-bond donors (Lipinski definition) is 0. The molecule has 0 aliphatic heterocycles. The van der Waals surface area contributed by atoms with Crippen molar-refractivity contribution in [2.75, 3.05) is 0 Å². The van der Waals surface area contributed by atoms with Crippen LogP contribution in [-0.2, 0) is 0 Å². The first-order valence-corrected chi connectivity index (χ1v) is 3.96. The zero-order chi connectivity index (χ0) is 10.6. The summed E-state index contributed by atoms with van der Waals surface area (Å²) in [5.41, 5.74) is 0.605. The molecule has 0 fully saturated rings. The molecule has 1 aromatic rings. The topological polar surface area (TPSA) is 47.6 Å². The van der Waals surface area contributed by atoms with Gasteiger partial charge in [0.25, 0.3) is 0 Å². The van der Waals surface area contributed by atoms with E-state index in [1.807, 2.05) is 0 Å². The predicted octanol–water partition coefficient (Wildman–Crippen LogP) is 2.65. The Morgan fingerprint density at radius 2 is 1.79 bits per heavy atom. The van der Waals surface area contributed by atoms with E-state index in [4.69, 9.17) is 10.5 Å². The third kappa shape index (κ3) is 1.78. The van der Waals surface area contributed by atoms with E-state index in [9.17, 15) is 4.39 Å². The molecule has 2 nitrogen and oxygen atoms in total. The van der Waals surface area contributed by atoms with Gasteiger partial charge in [-0.05, 0) is 18.6 Å². The van der Waals surface area contributed by atoms with Crippen LogP contribution in [0.5, 0.6) is 0 Å². The lowest BCUT2D eigenvalue weighted by Crippen LogP contribution is -1.89. The van der Waals surface area contributed by atoms with Crippen molar-refractivity contribution in [1.82, 2.24) is 0 Å². The quantitative estimate of drug-likeness (QED) is 0.633. The van der Waals surface area contributed by atoms with Crippen LogP contribution in [0.2, 0.25) is 0 Å². The molecule has 0 aliphatic rings. The molecule has 68 valence electrons. The zero-order valence-electron chi connectivity index (χ0n) is 7.58. The standard InChI is InChI=1S/C11H7FN2/c1-8(9(6-13)7-14)10-4-2-3-5-11(10)12/h2-5H,1H3. The van der Waals surface area contributed by atoms with Crippen LogP contribution >= 0.6 is 0 Å². The van der Waals surface area contributed by atoms with Gasteiger partial charge in [0.05, 0.1) is 0 Å². The van der Waals surface area contributed by atoms with Crippen molar-refractivity contribution in [2.45, 2.75) is 6.92 Å². The van der Waals surface area contributed by atoms with Gasteiger partial charge >= 0.3 is 0 Å². The second-order valence-corrected chi connectivity index (χ2v) is 2.70. The summed E-state index contributed by atoms with van der Waals surface area (Å²) in [4.78, 5) is 0. The van der Waals surface area contributed by atoms with Gasteiger partial charge in [-0.1, -0.05) is 18.2 Å². The molecule has 0 heterocycles. The van der Waals surface area contributed by atoms with Crippen LogP contribution in [0.3, 0.4) is 0 Å². The largest absolute Gasteiger partial charge is 0.206 e. The fraction of sp³-hybridized carbons (Fsp3) is 0.0909. The summed E-state index contributed by atoms with van der Waals surface area (Å²) in [5, 5.41) is 17.2. The Bertz CT molecular complexity index is 445. The Morgan fingerprint density at radius 3 is 2.29 bits per heavy atom. The summed E-state index contributed by atoms with van der Waals surface area (Å²) in [7, 11) is 0. The maximum absolute atomic E-state index is 13.2. The minimum Gasteiger partial charge on any atom is -0.206 e. The monoisotopic (exact) mass is 186 g/mol. The average molecular weight is 186 g/mol. The Balaban J connectivity index is 3.35. The second-order valence-electron chi connectivity index (χ2n) is 2.70. The smallest absolute Gasteiger partial charge is 0.133 e. The van der Waals surface area contributed by atoms with Crippen molar-refractivity contribution in [3.05, 3.63) is 41.2 Å². The number of benzene rings is 1. The summed E-state index contributed by atoms with van der Waals surface area (Å²) in [6.07, 6.45) is 0. The molecule has 3 heteroatoms. The molecule has 1 rings (SSSR count). The summed E-state index contributed by atoms with van der Waals surface area (Å²) in [6.45, 7) is 1.56. The van der Waals surface area contributed by atoms with Gasteiger partial charge in [-0.2, -0.15) is 10.5 Å². The molecule has 1 aromatic carbocycles. The number of hydrogen-bond acceptors (Lipinski definition) is 2. The first kappa shape index (κ1) is 9.95. The van der Waals surface area contributed by atoms with Gasteiger partial charge < -0.3 is 0 Å². The van der Waals surface area contributed by atoms with Crippen molar-refractivity contribution in [3.63, 3.8) is 0 Å². The molecule has 0 amide bonds. The maximum Gasteiger partial charge on any atom is 0.133 e. The maximum atomic E-state index is 13.2. The number of nitriles is 2. The summed E-state index contributed by atoms with van der Waals surface area (Å²) in [5.74, 6) is -0.423. The third-order valence-electron chi connectivity index (χ3n) is 1.88. The van der Waals surface area contributed by atoms with E-state index < -0.39 is 5.82 Å². The minimum atomic E-state index is -0.423. The van der Waals surface area contributed by atoms with Gasteiger partial charge in [0.1, 0.15) is 23.5 Å². The number of allylic oxidation sites excluding steroid dienone is 2. The van der Waals surface area contributed by atoms with Gasteiger partial charge in [0.15, 0.2) is 0 Å². The number of nitrogens with zero attached hydrogens (tertiary/aromatic N) is 2. The van der Waals surface area contributed by atoms with Gasteiger partial charge in [0.2, 0.25) is 0 Å². The van der Waals surface area contributed by atoms with Crippen molar-refractivity contribution in [3.8, 4) is 12.1 Å². The van der Waals surface area contributed by atoms with Crippen LogP contribution in [0.1, 0.15) is 12.5 Å². The van der Waals surface area contributed by atoms with Gasteiger partial charge in [0, 0.05) is 5.56 Å². The average Bonchev–Trinajstić information content (AvgIpc) is 2.20. The first-order chi connectivity index (χ1) is 6.70. The van der Waals surface area contributed by atoms with E-state index in [-0.39, 0.29) is 5.57 Å². The predicted molar refractivity (Wildman–Crippen MR) is 50.2 cm³/mol. The molecule has 0 radical (unpaired) electrons. The normalized spacial score (nSPS) is 8.57. The van der Waals surface area contributed by atoms with Crippen LogP contribution in [-0.4, -0.2) is 0 Å². The highest BCUT2D eigenvalue weighted by Gasteiger charge is 2.07. The van der Waals surface area contributed by atoms with E-state index in [1.165, 1.54) is 6.07 Å². The van der Waals surface area contributed by atoms with Crippen LogP contribution in [0, 0.1) is 28.5 Å². The summed E-state index contributed by atoms with van der Waals surface area (Å²) < 4.78 is 13.2. The highest BCUT2D eigenvalue weighted by atomic mass is 19.1. The summed E-state index contributed by atoms with van der Waals surface area (Å²) in [6, 6.07) is 9.52. The first-order valence-electron chi connectivity index (χ1n) is 3.96. The molecule has 14 heavy (non-hydrogen) atoms. The Labute approximate surface area is 81.5 Å². The Morgan fingerprint density at radius 1 is 1.21 bits per heavy atom. The van der Waals surface area contributed by atoms with Gasteiger partial charge in [-0.25, -0.2) is 4.39 Å². The van der Waals surface area contributed by atoms with E-state index in [0.717, 1.165) is 0 Å². The SMILES string of the molecule is CC(=C(C#N)C#N)c1ccccc1F. The van der Waals surface area contributed by atoms with E-state index in [1.54, 1.807) is 37.3 Å². The second kappa shape index (κ2) is 4.20. The molecule has 0 saturated heterocycles. The Hall–Kier alpha value is -2.13. The highest BCUT2D eigenvalue weighted by Crippen LogP contribution is 2.20. The lowest BCUT2D eigenvalue weighted by molar-refractivity contribution is 0.624. The van der Waals surface area contributed by atoms with E-state index in [2.05, 4.69) is 0 Å². The molecular formula is C11H7FN2. The van der Waals surface area contributed by atoms with Crippen molar-refractivity contribution < 1.29 is 4.39 Å². The van der Waals surface area contributed by atoms with Crippen LogP contribution < -0.4 is 0 Å². The van der Waals surface area contributed by atoms with Crippen LogP contribution in [0.25, 0.3) is 5.57 Å². The fourth-order valence-corrected chi connectivity index (χ4v) is 1.09. The fourth-order valence-electron chi connectivity index (χ4n) is 1.09. The third-order valence-corrected chi connectivity index (χ3v) is 1.88. The van der Waals surface area contributed by atoms with Crippen molar-refractivity contribution in [1.29, 1.82) is 10.5 Å². The molecule has 0 aromatic heterocycles. The lowest BCUT2D eigenvalue weighted by atomic mass is 10.0. The zero-order valence-corrected chi connectivity index (χ0v) is 7.58. The van der Waals surface area contributed by atoms with Gasteiger partial charge in [-0.15, -0.1) is 0 Å². The van der Waals surface area contributed by atoms with Crippen LogP contribution in [0.4, 0.5) is 4.39 Å². The van der Waals surface area contributed by atoms with E-state index >= 15 is 0 Å². The summed E-state index contributed by atoms with van der Waals surface area (Å²) >= 11 is 0. The molecule has 0 spiro atoms. The lowest BCUT2D eigenvalue weighted by Gasteiger charge is -2.01. The van der Waals surface area contributed by atoms with Crippen molar-refractivity contribution in [2.24, 2.45) is 0 Å². The molecule has 0 bridgehead atoms. The highest BCUT2D eigenvalue weighted by molar-refractivity contribution is 5.73. The van der Waals surface area contributed by atoms with E-state index in [0.29, 0.717) is 11.1 Å². The minimum absolute atomic E-state index is 0.0601. The van der Waals surface area contributed by atoms with Gasteiger partial charge in [-0.3, -0.25) is 0 Å². The molecule has 0 unspecified atom stereocenters.